The van der Waals surface area contributed by atoms with Gasteiger partial charge in [0.1, 0.15) is 15.7 Å². The standard InChI is InChI=1S/C9H7FN4S/c10-7-2-1-5(4-13-7)9-14-6(3-11)8(12)15-9/h1-4,11H,12H2. The molecule has 2 aromatic rings. The van der Waals surface area contributed by atoms with Crippen LogP contribution in [0.15, 0.2) is 18.3 Å². The zero-order chi connectivity index (χ0) is 10.8. The number of rotatable bonds is 2. The predicted molar refractivity (Wildman–Crippen MR) is 57.6 cm³/mol. The Bertz CT molecular complexity index is 491. The van der Waals surface area contributed by atoms with Crippen LogP contribution >= 0.6 is 11.3 Å². The largest absolute Gasteiger partial charge is 0.389 e. The van der Waals surface area contributed by atoms with Crippen molar-refractivity contribution in [3.05, 3.63) is 30.0 Å². The zero-order valence-corrected chi connectivity index (χ0v) is 8.38. The minimum absolute atomic E-state index is 0.430. The molecule has 3 N–H and O–H groups in total. The van der Waals surface area contributed by atoms with Crippen LogP contribution in [-0.2, 0) is 0 Å². The third-order valence-electron chi connectivity index (χ3n) is 1.79. The van der Waals surface area contributed by atoms with E-state index in [1.807, 2.05) is 0 Å². The van der Waals surface area contributed by atoms with Gasteiger partial charge in [0.2, 0.25) is 5.95 Å². The van der Waals surface area contributed by atoms with Gasteiger partial charge < -0.3 is 11.1 Å². The third kappa shape index (κ3) is 1.84. The van der Waals surface area contributed by atoms with Crippen LogP contribution in [0.5, 0.6) is 0 Å². The summed E-state index contributed by atoms with van der Waals surface area (Å²) in [6, 6.07) is 2.84. The van der Waals surface area contributed by atoms with Crippen molar-refractivity contribution in [2.24, 2.45) is 0 Å². The zero-order valence-electron chi connectivity index (χ0n) is 7.57. The van der Waals surface area contributed by atoms with Gasteiger partial charge in [0, 0.05) is 18.0 Å². The number of hydrogen-bond donors (Lipinski definition) is 2. The molecule has 0 saturated carbocycles. The van der Waals surface area contributed by atoms with Crippen molar-refractivity contribution < 1.29 is 4.39 Å². The Kier molecular flexibility index (Phi) is 2.42. The van der Waals surface area contributed by atoms with Crippen LogP contribution in [0.3, 0.4) is 0 Å². The van der Waals surface area contributed by atoms with Crippen molar-refractivity contribution in [2.75, 3.05) is 5.73 Å². The molecule has 0 spiro atoms. The summed E-state index contributed by atoms with van der Waals surface area (Å²) in [5.74, 6) is -0.532. The molecule has 0 radical (unpaired) electrons. The Hall–Kier alpha value is -1.82. The molecule has 0 aromatic carbocycles. The minimum Gasteiger partial charge on any atom is -0.389 e. The summed E-state index contributed by atoms with van der Waals surface area (Å²) < 4.78 is 12.6. The van der Waals surface area contributed by atoms with E-state index in [1.165, 1.54) is 23.6 Å². The van der Waals surface area contributed by atoms with Crippen molar-refractivity contribution in [1.29, 1.82) is 5.41 Å². The van der Waals surface area contributed by atoms with E-state index in [-0.39, 0.29) is 0 Å². The molecular formula is C9H7FN4S. The highest BCUT2D eigenvalue weighted by Gasteiger charge is 2.08. The average Bonchev–Trinajstić information content (AvgIpc) is 2.61. The maximum absolute atomic E-state index is 12.6. The third-order valence-corrected chi connectivity index (χ3v) is 2.74. The summed E-state index contributed by atoms with van der Waals surface area (Å²) in [4.78, 5) is 7.64. The van der Waals surface area contributed by atoms with E-state index >= 15 is 0 Å². The van der Waals surface area contributed by atoms with Gasteiger partial charge in [-0.05, 0) is 12.1 Å². The average molecular weight is 222 g/mol. The van der Waals surface area contributed by atoms with E-state index < -0.39 is 5.95 Å². The quantitative estimate of drug-likeness (QED) is 0.602. The van der Waals surface area contributed by atoms with Crippen molar-refractivity contribution in [2.45, 2.75) is 0 Å². The lowest BCUT2D eigenvalue weighted by Gasteiger charge is -1.93. The molecule has 76 valence electrons. The van der Waals surface area contributed by atoms with E-state index in [1.54, 1.807) is 6.07 Å². The predicted octanol–water partition coefficient (Wildman–Crippen LogP) is 1.92. The second-order valence-electron chi connectivity index (χ2n) is 2.78. The van der Waals surface area contributed by atoms with E-state index in [0.717, 1.165) is 6.21 Å². The number of anilines is 1. The summed E-state index contributed by atoms with van der Waals surface area (Å²) in [5.41, 5.74) is 6.75. The molecular weight excluding hydrogens is 215 g/mol. The lowest BCUT2D eigenvalue weighted by Crippen LogP contribution is -1.87. The van der Waals surface area contributed by atoms with Crippen LogP contribution in [0.25, 0.3) is 10.6 Å². The number of nitrogens with two attached hydrogens (primary N) is 1. The second kappa shape index (κ2) is 3.74. The van der Waals surface area contributed by atoms with Crippen LogP contribution in [0.2, 0.25) is 0 Å². The van der Waals surface area contributed by atoms with E-state index in [9.17, 15) is 4.39 Å². The number of aromatic nitrogens is 2. The van der Waals surface area contributed by atoms with Crippen molar-refractivity contribution >= 4 is 22.6 Å². The fourth-order valence-electron chi connectivity index (χ4n) is 1.07. The molecule has 2 heterocycles. The fourth-order valence-corrected chi connectivity index (χ4v) is 1.87. The number of pyridine rings is 1. The number of nitrogens with one attached hydrogen (secondary N) is 1. The van der Waals surface area contributed by atoms with Gasteiger partial charge in [-0.15, -0.1) is 0 Å². The molecule has 6 heteroatoms. The van der Waals surface area contributed by atoms with Gasteiger partial charge in [0.15, 0.2) is 0 Å². The van der Waals surface area contributed by atoms with Gasteiger partial charge in [-0.25, -0.2) is 9.97 Å². The molecule has 2 rings (SSSR count). The summed E-state index contributed by atoms with van der Waals surface area (Å²) in [6.45, 7) is 0. The summed E-state index contributed by atoms with van der Waals surface area (Å²) in [5, 5.41) is 8.17. The first kappa shape index (κ1) is 9.72. The first-order chi connectivity index (χ1) is 7.20. The monoisotopic (exact) mass is 222 g/mol. The molecule has 2 aromatic heterocycles. The second-order valence-corrected chi connectivity index (χ2v) is 3.81. The molecule has 4 nitrogen and oxygen atoms in total. The molecule has 0 aliphatic rings. The van der Waals surface area contributed by atoms with Crippen LogP contribution in [0, 0.1) is 11.4 Å². The highest BCUT2D eigenvalue weighted by Crippen LogP contribution is 2.28. The Balaban J connectivity index is 2.45. The number of thiazole rings is 1. The Morgan fingerprint density at radius 3 is 2.80 bits per heavy atom. The number of hydrogen-bond acceptors (Lipinski definition) is 5. The lowest BCUT2D eigenvalue weighted by atomic mass is 10.3. The van der Waals surface area contributed by atoms with Crippen molar-refractivity contribution in [1.82, 2.24) is 9.97 Å². The highest BCUT2D eigenvalue weighted by molar-refractivity contribution is 7.19. The summed E-state index contributed by atoms with van der Waals surface area (Å²) >= 11 is 1.25. The fraction of sp³-hybridized carbons (Fsp3) is 0. The molecule has 0 bridgehead atoms. The van der Waals surface area contributed by atoms with Crippen LogP contribution < -0.4 is 5.73 Å². The summed E-state index contributed by atoms with van der Waals surface area (Å²) in [6.07, 6.45) is 2.48. The van der Waals surface area contributed by atoms with Crippen molar-refractivity contribution in [3.8, 4) is 10.6 Å². The maximum Gasteiger partial charge on any atom is 0.212 e. The van der Waals surface area contributed by atoms with Gasteiger partial charge in [0.05, 0.1) is 0 Å². The van der Waals surface area contributed by atoms with Gasteiger partial charge in [-0.3, -0.25) is 0 Å². The highest BCUT2D eigenvalue weighted by atomic mass is 32.1. The molecule has 0 saturated heterocycles. The minimum atomic E-state index is -0.532. The van der Waals surface area contributed by atoms with Crippen LogP contribution in [0.1, 0.15) is 5.69 Å². The topological polar surface area (TPSA) is 75.7 Å². The smallest absolute Gasteiger partial charge is 0.212 e. The Morgan fingerprint density at radius 2 is 2.27 bits per heavy atom. The first-order valence-corrected chi connectivity index (χ1v) is 4.91. The van der Waals surface area contributed by atoms with Gasteiger partial charge in [0.25, 0.3) is 0 Å². The Labute approximate surface area is 89.1 Å². The number of halogens is 1. The number of nitrogen functional groups attached to an aromatic ring is 1. The summed E-state index contributed by atoms with van der Waals surface area (Å²) in [7, 11) is 0. The van der Waals surface area contributed by atoms with Gasteiger partial charge in [-0.2, -0.15) is 4.39 Å². The van der Waals surface area contributed by atoms with E-state index in [2.05, 4.69) is 9.97 Å². The van der Waals surface area contributed by atoms with Crippen LogP contribution in [-0.4, -0.2) is 16.2 Å². The van der Waals surface area contributed by atoms with E-state index in [4.69, 9.17) is 11.1 Å². The molecule has 0 aliphatic carbocycles. The van der Waals surface area contributed by atoms with Gasteiger partial charge >= 0.3 is 0 Å². The van der Waals surface area contributed by atoms with E-state index in [0.29, 0.717) is 21.3 Å². The molecule has 0 atom stereocenters. The Morgan fingerprint density at radius 1 is 1.47 bits per heavy atom. The van der Waals surface area contributed by atoms with Crippen LogP contribution in [0.4, 0.5) is 9.39 Å². The molecule has 15 heavy (non-hydrogen) atoms. The molecule has 0 aliphatic heterocycles. The molecule has 0 unspecified atom stereocenters. The van der Waals surface area contributed by atoms with Crippen molar-refractivity contribution in [3.63, 3.8) is 0 Å². The normalized spacial score (nSPS) is 10.2. The molecule has 0 amide bonds. The van der Waals surface area contributed by atoms with Gasteiger partial charge in [-0.1, -0.05) is 11.3 Å². The lowest BCUT2D eigenvalue weighted by molar-refractivity contribution is 0.584. The first-order valence-electron chi connectivity index (χ1n) is 4.09. The molecule has 0 fully saturated rings. The SMILES string of the molecule is N=Cc1nc(-c2ccc(F)nc2)sc1N. The maximum atomic E-state index is 12.6. The number of nitrogens with zero attached hydrogens (tertiary/aromatic N) is 2.